The number of hydrogen-bond donors (Lipinski definition) is 0. The third kappa shape index (κ3) is 2.60. The highest BCUT2D eigenvalue weighted by molar-refractivity contribution is 9.10. The minimum atomic E-state index is 0.786. The number of benzene rings is 2. The summed E-state index contributed by atoms with van der Waals surface area (Å²) in [5, 5.41) is 0. The van der Waals surface area contributed by atoms with Crippen LogP contribution in [0.1, 0.15) is 5.56 Å². The number of rotatable bonds is 2. The van der Waals surface area contributed by atoms with Crippen LogP contribution in [0.2, 0.25) is 0 Å². The van der Waals surface area contributed by atoms with E-state index in [2.05, 4.69) is 22.9 Å². The van der Waals surface area contributed by atoms with Crippen LogP contribution in [0.4, 0.5) is 0 Å². The molecule has 0 fully saturated rings. The Bertz CT molecular complexity index is 451. The van der Waals surface area contributed by atoms with Crippen LogP contribution in [-0.4, -0.2) is 0 Å². The molecule has 2 aromatic rings. The molecule has 0 aliphatic rings. The molecule has 0 N–H and O–H groups in total. The first kappa shape index (κ1) is 10.2. The Hall–Kier alpha value is -1.28. The van der Waals surface area contributed by atoms with E-state index in [1.165, 1.54) is 0 Å². The third-order valence-corrected chi connectivity index (χ3v) is 2.62. The lowest BCUT2D eigenvalue weighted by Gasteiger charge is -2.07. The summed E-state index contributed by atoms with van der Waals surface area (Å²) in [5.74, 6) is 1.61. The highest BCUT2D eigenvalue weighted by Gasteiger charge is 2.02. The van der Waals surface area contributed by atoms with Crippen molar-refractivity contribution in [2.45, 2.75) is 0 Å². The molecule has 0 unspecified atom stereocenters. The maximum absolute atomic E-state index is 5.70. The van der Waals surface area contributed by atoms with Gasteiger partial charge in [0.2, 0.25) is 0 Å². The Morgan fingerprint density at radius 3 is 2.47 bits per heavy atom. The lowest BCUT2D eigenvalue weighted by molar-refractivity contribution is 0.479. The molecule has 0 saturated carbocycles. The van der Waals surface area contributed by atoms with Crippen LogP contribution < -0.4 is 4.74 Å². The predicted octanol–water partition coefficient (Wildman–Crippen LogP) is 4.42. The summed E-state index contributed by atoms with van der Waals surface area (Å²) < 4.78 is 6.63. The van der Waals surface area contributed by atoms with E-state index in [1.807, 2.05) is 48.5 Å². The van der Waals surface area contributed by atoms with Gasteiger partial charge in [0, 0.05) is 0 Å². The molecule has 0 aliphatic carbocycles. The highest BCUT2D eigenvalue weighted by Crippen LogP contribution is 2.30. The second-order valence-corrected chi connectivity index (χ2v) is 4.03. The van der Waals surface area contributed by atoms with E-state index in [0.29, 0.717) is 0 Å². The van der Waals surface area contributed by atoms with Gasteiger partial charge in [0.05, 0.1) is 4.47 Å². The van der Waals surface area contributed by atoms with Crippen molar-refractivity contribution >= 4 is 15.9 Å². The summed E-state index contributed by atoms with van der Waals surface area (Å²) in [5.41, 5.74) is 0.934. The quantitative estimate of drug-likeness (QED) is 0.778. The zero-order valence-corrected chi connectivity index (χ0v) is 9.70. The average molecular weight is 262 g/mol. The molecule has 0 spiro atoms. The maximum atomic E-state index is 5.70. The van der Waals surface area contributed by atoms with E-state index in [-0.39, 0.29) is 0 Å². The smallest absolute Gasteiger partial charge is 0.141 e. The van der Waals surface area contributed by atoms with Gasteiger partial charge in [-0.3, -0.25) is 0 Å². The van der Waals surface area contributed by atoms with Crippen molar-refractivity contribution in [3.63, 3.8) is 0 Å². The van der Waals surface area contributed by atoms with Crippen molar-refractivity contribution in [3.8, 4) is 11.5 Å². The molecule has 1 nitrogen and oxygen atoms in total. The topological polar surface area (TPSA) is 9.23 Å². The molecule has 0 heterocycles. The molecule has 2 aromatic carbocycles. The first-order chi connectivity index (χ1) is 7.25. The van der Waals surface area contributed by atoms with Gasteiger partial charge in [0.15, 0.2) is 0 Å². The zero-order chi connectivity index (χ0) is 10.7. The summed E-state index contributed by atoms with van der Waals surface area (Å²) in [6.45, 7) is 3.86. The monoisotopic (exact) mass is 261 g/mol. The minimum Gasteiger partial charge on any atom is -0.456 e. The summed E-state index contributed by atoms with van der Waals surface area (Å²) in [6, 6.07) is 15.4. The largest absolute Gasteiger partial charge is 0.456 e. The van der Waals surface area contributed by atoms with E-state index in [4.69, 9.17) is 4.74 Å². The van der Waals surface area contributed by atoms with E-state index in [0.717, 1.165) is 21.5 Å². The Labute approximate surface area is 97.8 Å². The molecule has 0 aliphatic heterocycles. The summed E-state index contributed by atoms with van der Waals surface area (Å²) in [7, 11) is 0. The van der Waals surface area contributed by atoms with Gasteiger partial charge in [-0.05, 0) is 52.7 Å². The van der Waals surface area contributed by atoms with Crippen LogP contribution in [-0.2, 0) is 0 Å². The van der Waals surface area contributed by atoms with Gasteiger partial charge in [0.25, 0.3) is 0 Å². The van der Waals surface area contributed by atoms with Crippen LogP contribution in [0, 0.1) is 6.92 Å². The molecule has 2 heteroatoms. The van der Waals surface area contributed by atoms with E-state index >= 15 is 0 Å². The lowest BCUT2D eigenvalue weighted by atomic mass is 10.2. The van der Waals surface area contributed by atoms with Gasteiger partial charge in [-0.1, -0.05) is 24.3 Å². The van der Waals surface area contributed by atoms with Crippen molar-refractivity contribution in [1.82, 2.24) is 0 Å². The van der Waals surface area contributed by atoms with Crippen LogP contribution in [0.5, 0.6) is 11.5 Å². The van der Waals surface area contributed by atoms with Gasteiger partial charge < -0.3 is 4.74 Å². The van der Waals surface area contributed by atoms with Crippen molar-refractivity contribution in [1.29, 1.82) is 0 Å². The number of para-hydroxylation sites is 1. The van der Waals surface area contributed by atoms with Gasteiger partial charge in [-0.25, -0.2) is 0 Å². The van der Waals surface area contributed by atoms with Crippen molar-refractivity contribution in [2.24, 2.45) is 0 Å². The molecule has 0 atom stereocenters. The van der Waals surface area contributed by atoms with Gasteiger partial charge in [-0.15, -0.1) is 0 Å². The van der Waals surface area contributed by atoms with Gasteiger partial charge in [-0.2, -0.15) is 0 Å². The minimum absolute atomic E-state index is 0.786. The molecule has 0 bridgehead atoms. The number of halogens is 1. The molecule has 2 rings (SSSR count). The van der Waals surface area contributed by atoms with E-state index in [1.54, 1.807) is 0 Å². The Kier molecular flexibility index (Phi) is 3.07. The summed E-state index contributed by atoms with van der Waals surface area (Å²) in [4.78, 5) is 0. The second kappa shape index (κ2) is 4.49. The average Bonchev–Trinajstić information content (AvgIpc) is 2.25. The zero-order valence-electron chi connectivity index (χ0n) is 8.11. The van der Waals surface area contributed by atoms with Crippen LogP contribution >= 0.6 is 15.9 Å². The SMILES string of the molecule is [CH2]c1ccc(Br)c(Oc2ccccc2)c1. The Morgan fingerprint density at radius 2 is 1.73 bits per heavy atom. The predicted molar refractivity (Wildman–Crippen MR) is 65.1 cm³/mol. The van der Waals surface area contributed by atoms with E-state index in [9.17, 15) is 0 Å². The van der Waals surface area contributed by atoms with E-state index < -0.39 is 0 Å². The first-order valence-corrected chi connectivity index (χ1v) is 5.39. The lowest BCUT2D eigenvalue weighted by Crippen LogP contribution is -1.85. The van der Waals surface area contributed by atoms with Crippen LogP contribution in [0.25, 0.3) is 0 Å². The fourth-order valence-electron chi connectivity index (χ4n) is 1.24. The number of ether oxygens (including phenoxy) is 1. The molecule has 0 saturated heterocycles. The fourth-order valence-corrected chi connectivity index (χ4v) is 1.57. The Morgan fingerprint density at radius 1 is 1.00 bits per heavy atom. The van der Waals surface area contributed by atoms with Crippen molar-refractivity contribution in [3.05, 3.63) is 65.5 Å². The summed E-state index contributed by atoms with van der Waals surface area (Å²) >= 11 is 3.44. The van der Waals surface area contributed by atoms with Crippen LogP contribution in [0.3, 0.4) is 0 Å². The maximum Gasteiger partial charge on any atom is 0.141 e. The Balaban J connectivity index is 2.28. The first-order valence-electron chi connectivity index (χ1n) is 4.60. The molecule has 75 valence electrons. The molecular formula is C13H10BrO. The van der Waals surface area contributed by atoms with Gasteiger partial charge >= 0.3 is 0 Å². The highest BCUT2D eigenvalue weighted by atomic mass is 79.9. The normalized spacial score (nSPS) is 10.0. The second-order valence-electron chi connectivity index (χ2n) is 3.18. The number of hydrogen-bond acceptors (Lipinski definition) is 1. The molecule has 0 aromatic heterocycles. The molecular weight excluding hydrogens is 252 g/mol. The molecule has 1 radical (unpaired) electrons. The molecule has 15 heavy (non-hydrogen) atoms. The van der Waals surface area contributed by atoms with Gasteiger partial charge in [0.1, 0.15) is 11.5 Å². The standard InChI is InChI=1S/C13H10BrO/c1-10-7-8-12(14)13(9-10)15-11-5-3-2-4-6-11/h2-9H,1H2. The third-order valence-electron chi connectivity index (χ3n) is 1.97. The fraction of sp³-hybridized carbons (Fsp3) is 0. The summed E-state index contributed by atoms with van der Waals surface area (Å²) in [6.07, 6.45) is 0. The van der Waals surface area contributed by atoms with Crippen molar-refractivity contribution in [2.75, 3.05) is 0 Å². The van der Waals surface area contributed by atoms with Crippen LogP contribution in [0.15, 0.2) is 53.0 Å². The molecule has 0 amide bonds. The van der Waals surface area contributed by atoms with Crippen molar-refractivity contribution < 1.29 is 4.74 Å².